The summed E-state index contributed by atoms with van der Waals surface area (Å²) in [6.45, 7) is -0.183. The van der Waals surface area contributed by atoms with Crippen molar-refractivity contribution in [2.24, 2.45) is 0 Å². The number of methoxy groups -OCH3 is 3. The number of carbonyl (C=O) groups excluding carboxylic acids is 1. The summed E-state index contributed by atoms with van der Waals surface area (Å²) in [6.07, 6.45) is 2.01. The second-order valence-corrected chi connectivity index (χ2v) is 6.59. The van der Waals surface area contributed by atoms with Gasteiger partial charge in [-0.05, 0) is 42.0 Å². The Kier molecular flexibility index (Phi) is 6.76. The molecule has 9 nitrogen and oxygen atoms in total. The van der Waals surface area contributed by atoms with Gasteiger partial charge in [0.2, 0.25) is 11.7 Å². The van der Waals surface area contributed by atoms with Crippen LogP contribution >= 0.6 is 0 Å². The molecule has 0 bridgehead atoms. The van der Waals surface area contributed by atoms with Crippen molar-refractivity contribution in [2.75, 3.05) is 39.4 Å². The average Bonchev–Trinajstić information content (AvgIpc) is 2.79. The predicted octanol–water partition coefficient (Wildman–Crippen LogP) is 2.52. The minimum absolute atomic E-state index is 0.113. The Morgan fingerprint density at radius 3 is 2.16 bits per heavy atom. The first-order valence-corrected chi connectivity index (χ1v) is 9.37. The van der Waals surface area contributed by atoms with Crippen molar-refractivity contribution >= 4 is 17.5 Å². The predicted molar refractivity (Wildman–Crippen MR) is 116 cm³/mol. The number of nitrogens with two attached hydrogens (primary N) is 2. The number of rotatable bonds is 9. The van der Waals surface area contributed by atoms with Gasteiger partial charge in [-0.3, -0.25) is 4.79 Å². The number of aromatic nitrogens is 2. The number of anilines is 2. The standard InChI is InChI=1S/C22H24N4O5/c1-28-16-6-4-14(5-7-16)17(27)12-31-20-18(29-2)9-13(10-19(20)30-3)8-15-11-25-22(24)26-21(15)23/h4-7,9-11H,8,12H2,1-3H3,(H4,23,24,25,26). The fourth-order valence-electron chi connectivity index (χ4n) is 2.97. The maximum absolute atomic E-state index is 12.5. The third-order valence-electron chi connectivity index (χ3n) is 4.59. The average molecular weight is 424 g/mol. The molecule has 1 aromatic heterocycles. The Balaban J connectivity index is 1.80. The van der Waals surface area contributed by atoms with Gasteiger partial charge in [0.15, 0.2) is 23.9 Å². The Bertz CT molecular complexity index is 1040. The fourth-order valence-corrected chi connectivity index (χ4v) is 2.97. The maximum atomic E-state index is 12.5. The molecule has 0 saturated carbocycles. The van der Waals surface area contributed by atoms with Crippen molar-refractivity contribution in [1.29, 1.82) is 0 Å². The molecular weight excluding hydrogens is 400 g/mol. The second-order valence-electron chi connectivity index (χ2n) is 6.59. The lowest BCUT2D eigenvalue weighted by Gasteiger charge is -2.16. The first-order valence-electron chi connectivity index (χ1n) is 9.37. The topological polar surface area (TPSA) is 132 Å². The molecule has 2 aromatic carbocycles. The third-order valence-corrected chi connectivity index (χ3v) is 4.59. The van der Waals surface area contributed by atoms with Crippen molar-refractivity contribution in [1.82, 2.24) is 9.97 Å². The maximum Gasteiger partial charge on any atom is 0.221 e. The zero-order valence-corrected chi connectivity index (χ0v) is 17.5. The van der Waals surface area contributed by atoms with Gasteiger partial charge in [0.25, 0.3) is 0 Å². The molecule has 0 unspecified atom stereocenters. The molecule has 0 aliphatic rings. The molecule has 0 radical (unpaired) electrons. The van der Waals surface area contributed by atoms with E-state index in [-0.39, 0.29) is 18.3 Å². The summed E-state index contributed by atoms with van der Waals surface area (Å²) in [6, 6.07) is 10.4. The van der Waals surface area contributed by atoms with E-state index in [1.807, 2.05) is 0 Å². The Hall–Kier alpha value is -4.01. The number of nitrogens with zero attached hydrogens (tertiary/aromatic N) is 2. The van der Waals surface area contributed by atoms with E-state index in [9.17, 15) is 4.79 Å². The molecule has 0 spiro atoms. The summed E-state index contributed by atoms with van der Waals surface area (Å²) in [5, 5.41) is 0. The van der Waals surface area contributed by atoms with Gasteiger partial charge in [-0.2, -0.15) is 4.98 Å². The monoisotopic (exact) mass is 424 g/mol. The Morgan fingerprint density at radius 1 is 0.968 bits per heavy atom. The summed E-state index contributed by atoms with van der Waals surface area (Å²) in [4.78, 5) is 20.5. The molecule has 31 heavy (non-hydrogen) atoms. The summed E-state index contributed by atoms with van der Waals surface area (Å²) in [5.74, 6) is 2.07. The van der Waals surface area contributed by atoms with Gasteiger partial charge in [-0.25, -0.2) is 4.98 Å². The van der Waals surface area contributed by atoms with Crippen LogP contribution in [-0.4, -0.2) is 43.7 Å². The highest BCUT2D eigenvalue weighted by atomic mass is 16.5. The van der Waals surface area contributed by atoms with Crippen molar-refractivity contribution in [3.63, 3.8) is 0 Å². The first kappa shape index (κ1) is 21.7. The van der Waals surface area contributed by atoms with Crippen LogP contribution in [-0.2, 0) is 6.42 Å². The fraction of sp³-hybridized carbons (Fsp3) is 0.227. The van der Waals surface area contributed by atoms with Gasteiger partial charge in [-0.15, -0.1) is 0 Å². The number of Topliss-reactive ketones (excluding diaryl/α,β-unsaturated/α-hetero) is 1. The van der Waals surface area contributed by atoms with E-state index < -0.39 is 0 Å². The normalized spacial score (nSPS) is 10.4. The van der Waals surface area contributed by atoms with Crippen LogP contribution in [0, 0.1) is 0 Å². The van der Waals surface area contributed by atoms with Crippen LogP contribution in [0.25, 0.3) is 0 Å². The lowest BCUT2D eigenvalue weighted by atomic mass is 10.1. The summed E-state index contributed by atoms with van der Waals surface area (Å²) in [5.41, 5.74) is 13.5. The van der Waals surface area contributed by atoms with E-state index in [4.69, 9.17) is 30.4 Å². The van der Waals surface area contributed by atoms with Gasteiger partial charge in [0, 0.05) is 23.7 Å². The van der Waals surface area contributed by atoms with Crippen molar-refractivity contribution in [3.8, 4) is 23.0 Å². The first-order chi connectivity index (χ1) is 14.9. The summed E-state index contributed by atoms with van der Waals surface area (Å²) in [7, 11) is 4.59. The molecule has 4 N–H and O–H groups in total. The molecular formula is C22H24N4O5. The molecule has 0 amide bonds. The second kappa shape index (κ2) is 9.66. The van der Waals surface area contributed by atoms with E-state index in [0.29, 0.717) is 46.4 Å². The van der Waals surface area contributed by atoms with Crippen molar-refractivity contribution in [3.05, 3.63) is 59.3 Å². The molecule has 0 atom stereocenters. The molecule has 3 aromatic rings. The van der Waals surface area contributed by atoms with E-state index in [1.165, 1.54) is 14.2 Å². The van der Waals surface area contributed by atoms with E-state index in [0.717, 1.165) is 5.56 Å². The van der Waals surface area contributed by atoms with Crippen LogP contribution in [0.15, 0.2) is 42.6 Å². The number of ketones is 1. The van der Waals surface area contributed by atoms with E-state index in [2.05, 4.69) is 9.97 Å². The van der Waals surface area contributed by atoms with Gasteiger partial charge in [-0.1, -0.05) is 0 Å². The minimum Gasteiger partial charge on any atom is -0.497 e. The zero-order chi connectivity index (χ0) is 22.4. The lowest BCUT2D eigenvalue weighted by Crippen LogP contribution is -2.13. The number of nitrogen functional groups attached to an aromatic ring is 2. The van der Waals surface area contributed by atoms with Crippen LogP contribution in [0.3, 0.4) is 0 Å². The van der Waals surface area contributed by atoms with E-state index in [1.54, 1.807) is 49.7 Å². The molecule has 9 heteroatoms. The Morgan fingerprint density at radius 2 is 1.61 bits per heavy atom. The van der Waals surface area contributed by atoms with Crippen LogP contribution < -0.4 is 30.4 Å². The number of carbonyl (C=O) groups is 1. The van der Waals surface area contributed by atoms with E-state index >= 15 is 0 Å². The van der Waals surface area contributed by atoms with Crippen molar-refractivity contribution in [2.45, 2.75) is 6.42 Å². The molecule has 0 aliphatic heterocycles. The molecule has 0 aliphatic carbocycles. The zero-order valence-electron chi connectivity index (χ0n) is 17.5. The van der Waals surface area contributed by atoms with Crippen LogP contribution in [0.5, 0.6) is 23.0 Å². The quantitative estimate of drug-likeness (QED) is 0.497. The SMILES string of the molecule is COc1ccc(C(=O)COc2c(OC)cc(Cc3cnc(N)nc3N)cc2OC)cc1. The summed E-state index contributed by atoms with van der Waals surface area (Å²) >= 11 is 0. The largest absolute Gasteiger partial charge is 0.497 e. The molecule has 0 fully saturated rings. The number of ether oxygens (including phenoxy) is 4. The minimum atomic E-state index is -0.192. The molecule has 3 rings (SSSR count). The summed E-state index contributed by atoms with van der Waals surface area (Å²) < 4.78 is 21.8. The highest BCUT2D eigenvalue weighted by Gasteiger charge is 2.17. The van der Waals surface area contributed by atoms with Crippen LogP contribution in [0.1, 0.15) is 21.5 Å². The third kappa shape index (κ3) is 5.13. The van der Waals surface area contributed by atoms with Crippen molar-refractivity contribution < 1.29 is 23.7 Å². The van der Waals surface area contributed by atoms with Crippen LogP contribution in [0.4, 0.5) is 11.8 Å². The molecule has 0 saturated heterocycles. The lowest BCUT2D eigenvalue weighted by molar-refractivity contribution is 0.0917. The smallest absolute Gasteiger partial charge is 0.221 e. The molecule has 162 valence electrons. The van der Waals surface area contributed by atoms with Crippen LogP contribution in [0.2, 0.25) is 0 Å². The Labute approximate surface area is 179 Å². The van der Waals surface area contributed by atoms with Gasteiger partial charge < -0.3 is 30.4 Å². The van der Waals surface area contributed by atoms with Gasteiger partial charge >= 0.3 is 0 Å². The number of hydrogen-bond acceptors (Lipinski definition) is 9. The highest BCUT2D eigenvalue weighted by molar-refractivity contribution is 5.97. The number of benzene rings is 2. The molecule has 1 heterocycles. The van der Waals surface area contributed by atoms with Gasteiger partial charge in [0.1, 0.15) is 11.6 Å². The highest BCUT2D eigenvalue weighted by Crippen LogP contribution is 2.39. The number of hydrogen-bond donors (Lipinski definition) is 2. The van der Waals surface area contributed by atoms with Gasteiger partial charge in [0.05, 0.1) is 21.3 Å².